The summed E-state index contributed by atoms with van der Waals surface area (Å²) in [5, 5.41) is 3.84. The zero-order valence-corrected chi connectivity index (χ0v) is 24.1. The molecule has 0 unspecified atom stereocenters. The fourth-order valence-electron chi connectivity index (χ4n) is 3.83. The topological polar surface area (TPSA) is 41.6 Å². The van der Waals surface area contributed by atoms with Gasteiger partial charge in [0.2, 0.25) is 0 Å². The number of hydrogen-bond donors (Lipinski definition) is 1. The van der Waals surface area contributed by atoms with Crippen molar-refractivity contribution in [1.29, 1.82) is 0 Å². The number of benzene rings is 2. The zero-order chi connectivity index (χ0) is 26.9. The van der Waals surface area contributed by atoms with Crippen LogP contribution in [0.25, 0.3) is 0 Å². The molecule has 0 aromatic heterocycles. The largest absolute Gasteiger partial charge is 0.543 e. The first-order chi connectivity index (χ1) is 16.6. The van der Waals surface area contributed by atoms with Gasteiger partial charge in [0.1, 0.15) is 5.75 Å². The Kier molecular flexibility index (Phi) is 8.80. The minimum absolute atomic E-state index is 0.00339. The standard InChI is InChI=1S/C26H34ClF3N2O2SSi/c1-25(2,3)36(5,6)34-23-12-17(7-8-22(23)27)11-20-16-31-9-10-32(20)24(33)18-13-19(26(28,29)30)15-21(14-18)35-4/h7-8,12-15,20,31H,9-11,16H2,1-6H3/t20-/m1/s1. The Balaban J connectivity index is 1.87. The number of alkyl halides is 3. The lowest BCUT2D eigenvalue weighted by Gasteiger charge is -2.37. The molecular weight excluding hydrogens is 525 g/mol. The summed E-state index contributed by atoms with van der Waals surface area (Å²) in [5.74, 6) is 0.236. The van der Waals surface area contributed by atoms with Crippen molar-refractivity contribution in [3.8, 4) is 5.75 Å². The van der Waals surface area contributed by atoms with Crippen LogP contribution in [0.2, 0.25) is 23.2 Å². The van der Waals surface area contributed by atoms with E-state index in [9.17, 15) is 18.0 Å². The van der Waals surface area contributed by atoms with E-state index in [0.29, 0.717) is 41.7 Å². The van der Waals surface area contributed by atoms with Crippen LogP contribution in [0.15, 0.2) is 41.3 Å². The van der Waals surface area contributed by atoms with Crippen molar-refractivity contribution in [2.45, 2.75) is 62.4 Å². The highest BCUT2D eigenvalue weighted by molar-refractivity contribution is 7.98. The SMILES string of the molecule is CSc1cc(C(=O)N2CCNC[C@H]2Cc2ccc(Cl)c(O[Si](C)(C)C(C)(C)C)c2)cc(C(F)(F)F)c1. The number of carbonyl (C=O) groups is 1. The van der Waals surface area contributed by atoms with E-state index in [1.54, 1.807) is 17.2 Å². The van der Waals surface area contributed by atoms with Crippen LogP contribution in [0, 0.1) is 0 Å². The van der Waals surface area contributed by atoms with E-state index in [1.807, 2.05) is 12.1 Å². The fourth-order valence-corrected chi connectivity index (χ4v) is 5.57. The molecule has 36 heavy (non-hydrogen) atoms. The van der Waals surface area contributed by atoms with Crippen molar-refractivity contribution in [1.82, 2.24) is 10.2 Å². The van der Waals surface area contributed by atoms with Crippen molar-refractivity contribution in [3.05, 3.63) is 58.1 Å². The maximum Gasteiger partial charge on any atom is 0.416 e. The normalized spacial score (nSPS) is 17.3. The number of thioether (sulfide) groups is 1. The molecule has 1 heterocycles. The Morgan fingerprint density at radius 1 is 1.19 bits per heavy atom. The lowest BCUT2D eigenvalue weighted by molar-refractivity contribution is -0.137. The van der Waals surface area contributed by atoms with E-state index in [2.05, 4.69) is 39.2 Å². The van der Waals surface area contributed by atoms with E-state index < -0.39 is 26.0 Å². The van der Waals surface area contributed by atoms with Crippen LogP contribution in [0.3, 0.4) is 0 Å². The van der Waals surface area contributed by atoms with Crippen molar-refractivity contribution >= 4 is 37.6 Å². The Labute approximate surface area is 222 Å². The molecule has 4 nitrogen and oxygen atoms in total. The van der Waals surface area contributed by atoms with Crippen LogP contribution in [-0.4, -0.2) is 51.1 Å². The monoisotopic (exact) mass is 558 g/mol. The Morgan fingerprint density at radius 2 is 1.89 bits per heavy atom. The predicted molar refractivity (Wildman–Crippen MR) is 144 cm³/mol. The first kappa shape index (κ1) is 28.9. The van der Waals surface area contributed by atoms with Gasteiger partial charge in [0.15, 0.2) is 0 Å². The number of amides is 1. The average molecular weight is 559 g/mol. The molecule has 198 valence electrons. The molecule has 1 N–H and O–H groups in total. The van der Waals surface area contributed by atoms with Gasteiger partial charge in [0.25, 0.3) is 14.2 Å². The van der Waals surface area contributed by atoms with Gasteiger partial charge >= 0.3 is 6.18 Å². The van der Waals surface area contributed by atoms with Crippen LogP contribution in [0.5, 0.6) is 5.75 Å². The third-order valence-corrected chi connectivity index (χ3v) is 12.3. The molecule has 1 atom stereocenters. The van der Waals surface area contributed by atoms with Crippen LogP contribution in [0.1, 0.15) is 42.3 Å². The van der Waals surface area contributed by atoms with Gasteiger partial charge < -0.3 is 14.6 Å². The summed E-state index contributed by atoms with van der Waals surface area (Å²) in [4.78, 5) is 15.5. The lowest BCUT2D eigenvalue weighted by atomic mass is 10.0. The Morgan fingerprint density at radius 3 is 2.50 bits per heavy atom. The molecule has 1 aliphatic heterocycles. The van der Waals surface area contributed by atoms with Gasteiger partial charge in [-0.05, 0) is 66.7 Å². The Hall–Kier alpha value is -1.68. The second-order valence-corrected chi connectivity index (χ2v) is 16.6. The van der Waals surface area contributed by atoms with Gasteiger partial charge in [-0.15, -0.1) is 11.8 Å². The summed E-state index contributed by atoms with van der Waals surface area (Å²) < 4.78 is 46.8. The van der Waals surface area contributed by atoms with Gasteiger partial charge in [0, 0.05) is 36.1 Å². The molecular formula is C26H34ClF3N2O2SSi. The summed E-state index contributed by atoms with van der Waals surface area (Å²) >= 11 is 7.64. The second kappa shape index (κ2) is 11.0. The smallest absolute Gasteiger partial charge is 0.416 e. The summed E-state index contributed by atoms with van der Waals surface area (Å²) in [5.41, 5.74) is 0.196. The van der Waals surface area contributed by atoms with Crippen LogP contribution in [-0.2, 0) is 12.6 Å². The molecule has 10 heteroatoms. The molecule has 1 saturated heterocycles. The number of piperazine rings is 1. The van der Waals surface area contributed by atoms with Crippen LogP contribution >= 0.6 is 23.4 Å². The third-order valence-electron chi connectivity index (χ3n) is 6.97. The first-order valence-electron chi connectivity index (χ1n) is 11.9. The van der Waals surface area contributed by atoms with Gasteiger partial charge in [-0.2, -0.15) is 13.2 Å². The molecule has 0 aliphatic carbocycles. The summed E-state index contributed by atoms with van der Waals surface area (Å²) in [6, 6.07) is 8.99. The lowest BCUT2D eigenvalue weighted by Crippen LogP contribution is -2.54. The zero-order valence-electron chi connectivity index (χ0n) is 21.6. The average Bonchev–Trinajstić information content (AvgIpc) is 2.79. The second-order valence-electron chi connectivity index (χ2n) is 10.6. The van der Waals surface area contributed by atoms with Crippen LogP contribution < -0.4 is 9.74 Å². The van der Waals surface area contributed by atoms with Crippen molar-refractivity contribution < 1.29 is 22.4 Å². The highest BCUT2D eigenvalue weighted by Crippen LogP contribution is 2.39. The van der Waals surface area contributed by atoms with E-state index in [4.69, 9.17) is 16.0 Å². The van der Waals surface area contributed by atoms with Gasteiger partial charge in [-0.1, -0.05) is 38.4 Å². The number of nitrogens with zero attached hydrogens (tertiary/aromatic N) is 1. The Bertz CT molecular complexity index is 1110. The van der Waals surface area contributed by atoms with E-state index in [0.717, 1.165) is 17.7 Å². The van der Waals surface area contributed by atoms with E-state index in [-0.39, 0.29) is 16.6 Å². The highest BCUT2D eigenvalue weighted by atomic mass is 35.5. The predicted octanol–water partition coefficient (Wildman–Crippen LogP) is 7.12. The number of rotatable bonds is 6. The number of hydrogen-bond acceptors (Lipinski definition) is 4. The molecule has 1 aliphatic rings. The van der Waals surface area contributed by atoms with Gasteiger partial charge in [-0.25, -0.2) is 0 Å². The van der Waals surface area contributed by atoms with Gasteiger partial charge in [-0.3, -0.25) is 4.79 Å². The molecule has 3 rings (SSSR count). The molecule has 1 amide bonds. The fraction of sp³-hybridized carbons (Fsp3) is 0.500. The third kappa shape index (κ3) is 6.79. The molecule has 2 aromatic carbocycles. The molecule has 0 radical (unpaired) electrons. The van der Waals surface area contributed by atoms with E-state index in [1.165, 1.54) is 17.8 Å². The summed E-state index contributed by atoms with van der Waals surface area (Å²) in [7, 11) is -2.11. The number of halogens is 4. The summed E-state index contributed by atoms with van der Waals surface area (Å²) in [6.07, 6.45) is -2.30. The molecule has 1 fully saturated rings. The number of carbonyl (C=O) groups excluding carboxylic acids is 1. The number of nitrogens with one attached hydrogen (secondary N) is 1. The molecule has 0 bridgehead atoms. The van der Waals surface area contributed by atoms with Crippen LogP contribution in [0.4, 0.5) is 13.2 Å². The van der Waals surface area contributed by atoms with Crippen molar-refractivity contribution in [3.63, 3.8) is 0 Å². The quantitative estimate of drug-likeness (QED) is 0.303. The molecule has 0 saturated carbocycles. The van der Waals surface area contributed by atoms with Crippen molar-refractivity contribution in [2.75, 3.05) is 25.9 Å². The van der Waals surface area contributed by atoms with Crippen molar-refractivity contribution in [2.24, 2.45) is 0 Å². The maximum absolute atomic E-state index is 13.5. The molecule has 0 spiro atoms. The molecule has 2 aromatic rings. The minimum Gasteiger partial charge on any atom is -0.543 e. The van der Waals surface area contributed by atoms with E-state index >= 15 is 0 Å². The van der Waals surface area contributed by atoms with Gasteiger partial charge in [0.05, 0.1) is 10.6 Å². The summed E-state index contributed by atoms with van der Waals surface area (Å²) in [6.45, 7) is 12.3. The maximum atomic E-state index is 13.5. The first-order valence-corrected chi connectivity index (χ1v) is 16.4. The highest BCUT2D eigenvalue weighted by Gasteiger charge is 2.39. The minimum atomic E-state index is -4.52.